The maximum atomic E-state index is 11.8. The van der Waals surface area contributed by atoms with Crippen LogP contribution in [0, 0.1) is 0 Å². The summed E-state index contributed by atoms with van der Waals surface area (Å²) in [5.74, 6) is 0.112. The zero-order chi connectivity index (χ0) is 13.5. The summed E-state index contributed by atoms with van der Waals surface area (Å²) >= 11 is 12.0. The van der Waals surface area contributed by atoms with Crippen molar-refractivity contribution in [1.82, 2.24) is 10.2 Å². The molecule has 0 aliphatic heterocycles. The molecule has 1 amide bonds. The molecule has 0 atom stereocenters. The third-order valence-corrected chi connectivity index (χ3v) is 3.54. The van der Waals surface area contributed by atoms with Crippen molar-refractivity contribution >= 4 is 29.1 Å². The smallest absolute Gasteiger partial charge is 0.222 e. The molecule has 0 fully saturated rings. The summed E-state index contributed by atoms with van der Waals surface area (Å²) in [6.45, 7) is 1.33. The maximum Gasteiger partial charge on any atom is 0.222 e. The summed E-state index contributed by atoms with van der Waals surface area (Å²) < 4.78 is 0. The molecule has 0 radical (unpaired) electrons. The van der Waals surface area contributed by atoms with Crippen LogP contribution in [0.4, 0.5) is 0 Å². The van der Waals surface area contributed by atoms with Crippen molar-refractivity contribution in [2.45, 2.75) is 19.4 Å². The minimum absolute atomic E-state index is 0.112. The molecule has 1 rings (SSSR count). The zero-order valence-corrected chi connectivity index (χ0v) is 12.2. The van der Waals surface area contributed by atoms with E-state index >= 15 is 0 Å². The van der Waals surface area contributed by atoms with Crippen molar-refractivity contribution in [2.24, 2.45) is 0 Å². The van der Waals surface area contributed by atoms with Gasteiger partial charge >= 0.3 is 0 Å². The predicted octanol–water partition coefficient (Wildman–Crippen LogP) is 2.95. The lowest BCUT2D eigenvalue weighted by Gasteiger charge is -2.18. The van der Waals surface area contributed by atoms with E-state index in [2.05, 4.69) is 5.32 Å². The SMILES string of the molecule is CNCCCC(=O)N(C)Cc1cccc(Cl)c1Cl. The molecule has 3 nitrogen and oxygen atoms in total. The van der Waals surface area contributed by atoms with Crippen LogP contribution in [0.3, 0.4) is 0 Å². The number of carbonyl (C=O) groups excluding carboxylic acids is 1. The fourth-order valence-electron chi connectivity index (χ4n) is 1.62. The van der Waals surface area contributed by atoms with E-state index in [-0.39, 0.29) is 5.91 Å². The summed E-state index contributed by atoms with van der Waals surface area (Å²) in [5, 5.41) is 4.06. The summed E-state index contributed by atoms with van der Waals surface area (Å²) in [6.07, 6.45) is 1.37. The highest BCUT2D eigenvalue weighted by molar-refractivity contribution is 6.42. The third-order valence-electron chi connectivity index (χ3n) is 2.68. The molecule has 1 aromatic rings. The average Bonchev–Trinajstić information content (AvgIpc) is 2.35. The minimum Gasteiger partial charge on any atom is -0.341 e. The number of hydrogen-bond donors (Lipinski definition) is 1. The Balaban J connectivity index is 2.56. The van der Waals surface area contributed by atoms with E-state index in [1.807, 2.05) is 19.2 Å². The van der Waals surface area contributed by atoms with Gasteiger partial charge in [-0.15, -0.1) is 0 Å². The molecule has 0 spiro atoms. The Hall–Kier alpha value is -0.770. The number of nitrogens with zero attached hydrogens (tertiary/aromatic N) is 1. The molecule has 18 heavy (non-hydrogen) atoms. The molecule has 0 aliphatic carbocycles. The van der Waals surface area contributed by atoms with Crippen LogP contribution in [0.2, 0.25) is 10.0 Å². The quantitative estimate of drug-likeness (QED) is 0.817. The van der Waals surface area contributed by atoms with Gasteiger partial charge in [-0.2, -0.15) is 0 Å². The molecular formula is C13H18Cl2N2O. The normalized spacial score (nSPS) is 10.4. The molecule has 1 aromatic carbocycles. The molecule has 0 heterocycles. The van der Waals surface area contributed by atoms with E-state index in [0.29, 0.717) is 23.0 Å². The van der Waals surface area contributed by atoms with Crippen molar-refractivity contribution in [1.29, 1.82) is 0 Å². The van der Waals surface area contributed by atoms with Gasteiger partial charge in [0, 0.05) is 20.0 Å². The molecule has 0 unspecified atom stereocenters. The van der Waals surface area contributed by atoms with Crippen molar-refractivity contribution in [3.8, 4) is 0 Å². The summed E-state index contributed by atoms with van der Waals surface area (Å²) in [6, 6.07) is 5.45. The monoisotopic (exact) mass is 288 g/mol. The Morgan fingerprint density at radius 1 is 1.39 bits per heavy atom. The molecule has 0 aromatic heterocycles. The molecule has 0 saturated carbocycles. The lowest BCUT2D eigenvalue weighted by molar-refractivity contribution is -0.130. The van der Waals surface area contributed by atoms with Crippen LogP contribution in [0.5, 0.6) is 0 Å². The van der Waals surface area contributed by atoms with E-state index in [9.17, 15) is 4.79 Å². The van der Waals surface area contributed by atoms with Crippen molar-refractivity contribution in [3.05, 3.63) is 33.8 Å². The zero-order valence-electron chi connectivity index (χ0n) is 10.7. The second kappa shape index (κ2) is 7.62. The van der Waals surface area contributed by atoms with Crippen molar-refractivity contribution < 1.29 is 4.79 Å². The number of amides is 1. The molecular weight excluding hydrogens is 271 g/mol. The summed E-state index contributed by atoms with van der Waals surface area (Å²) in [4.78, 5) is 13.5. The molecule has 100 valence electrons. The van der Waals surface area contributed by atoms with E-state index in [0.717, 1.165) is 18.5 Å². The largest absolute Gasteiger partial charge is 0.341 e. The van der Waals surface area contributed by atoms with Crippen molar-refractivity contribution in [2.75, 3.05) is 20.6 Å². The van der Waals surface area contributed by atoms with Gasteiger partial charge in [-0.1, -0.05) is 35.3 Å². The standard InChI is InChI=1S/C13H18Cl2N2O/c1-16-8-4-7-12(18)17(2)9-10-5-3-6-11(14)13(10)15/h3,5-6,16H,4,7-9H2,1-2H3. The van der Waals surface area contributed by atoms with Crippen LogP contribution in [-0.2, 0) is 11.3 Å². The number of benzene rings is 1. The lowest BCUT2D eigenvalue weighted by atomic mass is 10.2. The lowest BCUT2D eigenvalue weighted by Crippen LogP contribution is -2.26. The average molecular weight is 289 g/mol. The highest BCUT2D eigenvalue weighted by Gasteiger charge is 2.11. The molecule has 1 N–H and O–H groups in total. The summed E-state index contributed by atoms with van der Waals surface area (Å²) in [7, 11) is 3.65. The van der Waals surface area contributed by atoms with Crippen molar-refractivity contribution in [3.63, 3.8) is 0 Å². The van der Waals surface area contributed by atoms with Gasteiger partial charge in [-0.05, 0) is 31.6 Å². The first-order valence-corrected chi connectivity index (χ1v) is 6.63. The van der Waals surface area contributed by atoms with Crippen LogP contribution < -0.4 is 5.32 Å². The van der Waals surface area contributed by atoms with Gasteiger partial charge in [0.25, 0.3) is 0 Å². The fraction of sp³-hybridized carbons (Fsp3) is 0.462. The van der Waals surface area contributed by atoms with E-state index < -0.39 is 0 Å². The minimum atomic E-state index is 0.112. The first kappa shape index (κ1) is 15.3. The Morgan fingerprint density at radius 3 is 2.78 bits per heavy atom. The predicted molar refractivity (Wildman–Crippen MR) is 76.1 cm³/mol. The van der Waals surface area contributed by atoms with Crippen LogP contribution in [0.1, 0.15) is 18.4 Å². The van der Waals surface area contributed by atoms with Crippen LogP contribution in [-0.4, -0.2) is 31.4 Å². The van der Waals surface area contributed by atoms with E-state index in [4.69, 9.17) is 23.2 Å². The van der Waals surface area contributed by atoms with Crippen LogP contribution >= 0.6 is 23.2 Å². The summed E-state index contributed by atoms with van der Waals surface area (Å²) in [5.41, 5.74) is 0.869. The Bertz CT molecular complexity index is 410. The highest BCUT2D eigenvalue weighted by atomic mass is 35.5. The number of rotatable bonds is 6. The van der Waals surface area contributed by atoms with Gasteiger partial charge in [0.15, 0.2) is 0 Å². The molecule has 5 heteroatoms. The Labute approximate surface area is 118 Å². The molecule has 0 saturated heterocycles. The molecule has 0 bridgehead atoms. The Kier molecular flexibility index (Phi) is 6.47. The Morgan fingerprint density at radius 2 is 2.11 bits per heavy atom. The van der Waals surface area contributed by atoms with Gasteiger partial charge in [0.2, 0.25) is 5.91 Å². The van der Waals surface area contributed by atoms with Crippen LogP contribution in [0.15, 0.2) is 18.2 Å². The second-order valence-corrected chi connectivity index (χ2v) is 4.96. The topological polar surface area (TPSA) is 32.3 Å². The maximum absolute atomic E-state index is 11.8. The van der Waals surface area contributed by atoms with Crippen LogP contribution in [0.25, 0.3) is 0 Å². The first-order chi connectivity index (χ1) is 8.56. The second-order valence-electron chi connectivity index (χ2n) is 4.17. The van der Waals surface area contributed by atoms with Gasteiger partial charge in [0.1, 0.15) is 0 Å². The highest BCUT2D eigenvalue weighted by Crippen LogP contribution is 2.26. The van der Waals surface area contributed by atoms with Gasteiger partial charge in [0.05, 0.1) is 10.0 Å². The fourth-order valence-corrected chi connectivity index (χ4v) is 2.00. The van der Waals surface area contributed by atoms with E-state index in [1.54, 1.807) is 18.0 Å². The van der Waals surface area contributed by atoms with Gasteiger partial charge < -0.3 is 10.2 Å². The van der Waals surface area contributed by atoms with Gasteiger partial charge in [-0.25, -0.2) is 0 Å². The van der Waals surface area contributed by atoms with E-state index in [1.165, 1.54) is 0 Å². The number of carbonyl (C=O) groups is 1. The third kappa shape index (κ3) is 4.48. The number of nitrogens with one attached hydrogen (secondary N) is 1. The van der Waals surface area contributed by atoms with Gasteiger partial charge in [-0.3, -0.25) is 4.79 Å². The number of hydrogen-bond acceptors (Lipinski definition) is 2. The number of halogens is 2. The first-order valence-electron chi connectivity index (χ1n) is 5.87. The molecule has 0 aliphatic rings.